The van der Waals surface area contributed by atoms with E-state index in [-0.39, 0.29) is 0 Å². The topological polar surface area (TPSA) is 8.17 Å². The first-order valence-electron chi connectivity index (χ1n) is 21.0. The van der Waals surface area contributed by atoms with Crippen molar-refractivity contribution in [3.8, 4) is 16.8 Å². The van der Waals surface area contributed by atoms with Gasteiger partial charge in [-0.25, -0.2) is 0 Å². The van der Waals surface area contributed by atoms with Crippen molar-refractivity contribution in [3.05, 3.63) is 241 Å². The summed E-state index contributed by atoms with van der Waals surface area (Å²) in [4.78, 5) is 2.51. The quantitative estimate of drug-likeness (QED) is 0.153. The van der Waals surface area contributed by atoms with Crippen LogP contribution in [0.15, 0.2) is 224 Å². The minimum atomic E-state index is 1.04. The molecule has 2 aliphatic rings. The number of benzene rings is 9. The van der Waals surface area contributed by atoms with Crippen LogP contribution in [0.25, 0.3) is 71.3 Å². The Bertz CT molecular complexity index is 3420. The molecule has 60 heavy (non-hydrogen) atoms. The number of allylic oxidation sites excluding steroid dienone is 5. The van der Waals surface area contributed by atoms with E-state index in [1.807, 2.05) is 0 Å². The molecule has 0 radical (unpaired) electrons. The third-order valence-electron chi connectivity index (χ3n) is 12.5. The zero-order valence-corrected chi connectivity index (χ0v) is 33.1. The third-order valence-corrected chi connectivity index (χ3v) is 12.5. The third kappa shape index (κ3) is 5.42. The van der Waals surface area contributed by atoms with E-state index in [1.54, 1.807) is 0 Å². The lowest BCUT2D eigenvalue weighted by Gasteiger charge is -2.28. The number of rotatable bonds is 6. The molecule has 0 amide bonds. The Kier molecular flexibility index (Phi) is 8.02. The monoisotopic (exact) mass is 764 g/mol. The van der Waals surface area contributed by atoms with E-state index in [9.17, 15) is 0 Å². The van der Waals surface area contributed by atoms with Gasteiger partial charge in [0, 0.05) is 33.2 Å². The maximum absolute atomic E-state index is 2.51. The Hall–Kier alpha value is -7.68. The molecule has 0 spiro atoms. The Balaban J connectivity index is 1.16. The van der Waals surface area contributed by atoms with Crippen LogP contribution in [0.5, 0.6) is 0 Å². The maximum atomic E-state index is 2.51. The van der Waals surface area contributed by atoms with E-state index in [4.69, 9.17) is 0 Å². The van der Waals surface area contributed by atoms with Crippen molar-refractivity contribution >= 4 is 71.6 Å². The zero-order chi connectivity index (χ0) is 39.6. The van der Waals surface area contributed by atoms with E-state index in [0.29, 0.717) is 0 Å². The van der Waals surface area contributed by atoms with Crippen LogP contribution in [0.4, 0.5) is 17.1 Å². The smallest absolute Gasteiger partial charge is 0.0546 e. The Morgan fingerprint density at radius 1 is 0.433 bits per heavy atom. The van der Waals surface area contributed by atoms with Gasteiger partial charge in [0.1, 0.15) is 0 Å². The van der Waals surface area contributed by atoms with Gasteiger partial charge in [-0.3, -0.25) is 0 Å². The van der Waals surface area contributed by atoms with Gasteiger partial charge in [0.2, 0.25) is 0 Å². The Labute approximate surface area is 349 Å². The van der Waals surface area contributed by atoms with Gasteiger partial charge in [-0.1, -0.05) is 164 Å². The number of fused-ring (bicyclic) bond motifs is 9. The Morgan fingerprint density at radius 2 is 1.07 bits per heavy atom. The molecule has 2 heteroatoms. The molecule has 2 nitrogen and oxygen atoms in total. The number of hydrogen-bond acceptors (Lipinski definition) is 1. The SMILES string of the molecule is C1=CC(/C(=C2\c3ccccc3-c3ccc(N(c4ccc5c(c4)c4ccccc4n5-c4ccccc4)c4cc5ccccc5c5ccccc45)cc32)c2ccccc2)=CCC1. The number of aromatic nitrogens is 1. The number of para-hydroxylation sites is 2. The summed E-state index contributed by atoms with van der Waals surface area (Å²) in [7, 11) is 0. The van der Waals surface area contributed by atoms with Crippen LogP contribution in [-0.4, -0.2) is 4.57 Å². The van der Waals surface area contributed by atoms with Crippen molar-refractivity contribution in [1.82, 2.24) is 4.57 Å². The molecule has 0 bridgehead atoms. The molecule has 0 saturated heterocycles. The number of hydrogen-bond donors (Lipinski definition) is 0. The summed E-state index contributed by atoms with van der Waals surface area (Å²) in [6.07, 6.45) is 9.19. The van der Waals surface area contributed by atoms with Gasteiger partial charge in [0.25, 0.3) is 0 Å². The fraction of sp³-hybridized carbons (Fsp3) is 0.0345. The van der Waals surface area contributed by atoms with E-state index in [0.717, 1.165) is 35.6 Å². The predicted octanol–water partition coefficient (Wildman–Crippen LogP) is 15.8. The van der Waals surface area contributed by atoms with Crippen molar-refractivity contribution in [2.24, 2.45) is 0 Å². The Morgan fingerprint density at radius 3 is 1.88 bits per heavy atom. The van der Waals surface area contributed by atoms with Crippen molar-refractivity contribution in [2.75, 3.05) is 4.90 Å². The van der Waals surface area contributed by atoms with Gasteiger partial charge in [-0.15, -0.1) is 0 Å². The molecular formula is C58H40N2. The van der Waals surface area contributed by atoms with E-state index >= 15 is 0 Å². The molecule has 0 saturated carbocycles. The van der Waals surface area contributed by atoms with Crippen molar-refractivity contribution in [3.63, 3.8) is 0 Å². The van der Waals surface area contributed by atoms with Gasteiger partial charge in [0.05, 0.1) is 16.7 Å². The largest absolute Gasteiger partial charge is 0.310 e. The molecule has 1 aromatic heterocycles. The first kappa shape index (κ1) is 34.4. The van der Waals surface area contributed by atoms with E-state index in [1.165, 1.54) is 87.9 Å². The maximum Gasteiger partial charge on any atom is 0.0546 e. The summed E-state index contributed by atoms with van der Waals surface area (Å²) in [6.45, 7) is 0. The highest BCUT2D eigenvalue weighted by molar-refractivity contribution is 6.17. The van der Waals surface area contributed by atoms with Crippen LogP contribution in [-0.2, 0) is 0 Å². The summed E-state index contributed by atoms with van der Waals surface area (Å²) < 4.78 is 2.40. The van der Waals surface area contributed by atoms with Crippen LogP contribution < -0.4 is 4.90 Å². The van der Waals surface area contributed by atoms with Crippen LogP contribution in [0.3, 0.4) is 0 Å². The van der Waals surface area contributed by atoms with Crippen LogP contribution in [0, 0.1) is 0 Å². The number of nitrogens with zero attached hydrogens (tertiary/aromatic N) is 2. The summed E-state index contributed by atoms with van der Waals surface area (Å²) >= 11 is 0. The highest BCUT2D eigenvalue weighted by Gasteiger charge is 2.30. The second-order valence-corrected chi connectivity index (χ2v) is 15.9. The van der Waals surface area contributed by atoms with E-state index < -0.39 is 0 Å². The van der Waals surface area contributed by atoms with Crippen LogP contribution in [0.2, 0.25) is 0 Å². The summed E-state index contributed by atoms with van der Waals surface area (Å²) in [5, 5.41) is 7.39. The minimum absolute atomic E-state index is 1.04. The molecule has 12 rings (SSSR count). The first-order valence-corrected chi connectivity index (χ1v) is 21.0. The van der Waals surface area contributed by atoms with Gasteiger partial charge in [-0.2, -0.15) is 0 Å². The van der Waals surface area contributed by atoms with Gasteiger partial charge >= 0.3 is 0 Å². The van der Waals surface area contributed by atoms with Gasteiger partial charge < -0.3 is 9.47 Å². The zero-order valence-electron chi connectivity index (χ0n) is 33.1. The lowest BCUT2D eigenvalue weighted by Crippen LogP contribution is -2.11. The second kappa shape index (κ2) is 14.0. The van der Waals surface area contributed by atoms with Crippen LogP contribution >= 0.6 is 0 Å². The lowest BCUT2D eigenvalue weighted by atomic mass is 9.86. The second-order valence-electron chi connectivity index (χ2n) is 15.9. The minimum Gasteiger partial charge on any atom is -0.310 e. The molecule has 10 aromatic rings. The number of anilines is 3. The van der Waals surface area contributed by atoms with Gasteiger partial charge in [0.15, 0.2) is 0 Å². The first-order chi connectivity index (χ1) is 29.8. The van der Waals surface area contributed by atoms with Gasteiger partial charge in [-0.05, 0) is 128 Å². The predicted molar refractivity (Wildman–Crippen MR) is 255 cm³/mol. The van der Waals surface area contributed by atoms with E-state index in [2.05, 4.69) is 228 Å². The normalized spacial score (nSPS) is 14.1. The lowest BCUT2D eigenvalue weighted by molar-refractivity contribution is 1.03. The molecular weight excluding hydrogens is 725 g/mol. The molecule has 1 heterocycles. The molecule has 9 aromatic carbocycles. The molecule has 282 valence electrons. The van der Waals surface area contributed by atoms with Crippen LogP contribution in [0.1, 0.15) is 29.5 Å². The summed E-state index contributed by atoms with van der Waals surface area (Å²) in [6, 6.07) is 73.8. The molecule has 0 aliphatic heterocycles. The average Bonchev–Trinajstić information content (AvgIpc) is 3.82. The average molecular weight is 765 g/mol. The standard InChI is InChI=1S/C58H40N2/c1-4-18-39(19-5-1)57(40-20-6-2-7-21-40)58-51-30-15-13-27-47(51)48-34-32-43(38-53(48)58)59(56-36-41-22-10-11-25-45(41)46-26-12-14-28-49(46)56)44-33-35-55-52(37-44)50-29-16-17-31-54(50)60(55)42-23-8-3-9-24-42/h1,3-6,8-38H,2,7H2/b58-57+. The van der Waals surface area contributed by atoms with Crippen molar-refractivity contribution in [2.45, 2.75) is 12.8 Å². The molecule has 0 fully saturated rings. The summed E-state index contributed by atoms with van der Waals surface area (Å²) in [5.41, 5.74) is 17.1. The van der Waals surface area contributed by atoms with Crippen molar-refractivity contribution in [1.29, 1.82) is 0 Å². The molecule has 0 atom stereocenters. The molecule has 2 aliphatic carbocycles. The summed E-state index contributed by atoms with van der Waals surface area (Å²) in [5.74, 6) is 0. The highest BCUT2D eigenvalue weighted by atomic mass is 15.1. The molecule has 0 N–H and O–H groups in total. The molecule has 0 unspecified atom stereocenters. The highest BCUT2D eigenvalue weighted by Crippen LogP contribution is 2.52. The fourth-order valence-electron chi connectivity index (χ4n) is 9.92. The fourth-order valence-corrected chi connectivity index (χ4v) is 9.92. The van der Waals surface area contributed by atoms with Crippen molar-refractivity contribution < 1.29 is 0 Å².